The van der Waals surface area contributed by atoms with E-state index in [1.54, 1.807) is 18.7 Å². The highest BCUT2D eigenvalue weighted by atomic mass is 16.5. The highest BCUT2D eigenvalue weighted by molar-refractivity contribution is 5.73. The first-order chi connectivity index (χ1) is 15.6. The van der Waals surface area contributed by atoms with Crippen LogP contribution in [0.25, 0.3) is 16.7 Å². The summed E-state index contributed by atoms with van der Waals surface area (Å²) in [5, 5.41) is 7.11. The van der Waals surface area contributed by atoms with Gasteiger partial charge in [0.15, 0.2) is 17.0 Å². The molecule has 0 aliphatic heterocycles. The molecule has 1 N–H and O–H groups in total. The molecular weight excluding hydrogens is 406 g/mol. The Morgan fingerprint density at radius 3 is 2.81 bits per heavy atom. The fourth-order valence-corrected chi connectivity index (χ4v) is 4.97. The van der Waals surface area contributed by atoms with Crippen molar-refractivity contribution in [3.8, 4) is 0 Å². The molecule has 0 saturated heterocycles. The molecule has 3 atom stereocenters. The van der Waals surface area contributed by atoms with Gasteiger partial charge in [0.1, 0.15) is 12.9 Å². The Bertz CT molecular complexity index is 1400. The van der Waals surface area contributed by atoms with Crippen molar-refractivity contribution < 1.29 is 4.52 Å². The summed E-state index contributed by atoms with van der Waals surface area (Å²) in [7, 11) is 3.54. The average molecular weight is 429 g/mol. The van der Waals surface area contributed by atoms with Crippen LogP contribution in [0.4, 0.5) is 5.95 Å². The maximum absolute atomic E-state index is 12.9. The second kappa shape index (κ2) is 7.15. The molecule has 0 radical (unpaired) electrons. The number of nitrogens with one attached hydrogen (secondary N) is 1. The van der Waals surface area contributed by atoms with Gasteiger partial charge >= 0.3 is 0 Å². The summed E-state index contributed by atoms with van der Waals surface area (Å²) in [5.74, 6) is 3.55. The van der Waals surface area contributed by atoms with Gasteiger partial charge in [-0.3, -0.25) is 9.36 Å². The van der Waals surface area contributed by atoms with Gasteiger partial charge in [-0.05, 0) is 35.3 Å². The van der Waals surface area contributed by atoms with E-state index in [2.05, 4.69) is 61.8 Å². The van der Waals surface area contributed by atoms with E-state index in [-0.39, 0.29) is 12.1 Å². The number of hydrogen-bond donors (Lipinski definition) is 1. The fraction of sp³-hybridized carbons (Fsp3) is 0.348. The Labute approximate surface area is 183 Å². The minimum absolute atomic E-state index is 0.185. The van der Waals surface area contributed by atoms with Gasteiger partial charge in [0, 0.05) is 20.5 Å². The number of rotatable bonds is 6. The number of aryl methyl sites for hydroxylation is 1. The van der Waals surface area contributed by atoms with E-state index >= 15 is 0 Å². The quantitative estimate of drug-likeness (QED) is 0.502. The van der Waals surface area contributed by atoms with Crippen molar-refractivity contribution in [2.45, 2.75) is 19.4 Å². The number of hydrogen-bond acceptors (Lipinski definition) is 7. The molecule has 1 aromatic carbocycles. The van der Waals surface area contributed by atoms with Gasteiger partial charge in [-0.15, -0.1) is 0 Å². The van der Waals surface area contributed by atoms with Crippen molar-refractivity contribution in [1.29, 1.82) is 0 Å². The van der Waals surface area contributed by atoms with Crippen LogP contribution in [-0.2, 0) is 20.0 Å². The lowest BCUT2D eigenvalue weighted by Gasteiger charge is -2.05. The van der Waals surface area contributed by atoms with Crippen LogP contribution in [0.3, 0.4) is 0 Å². The monoisotopic (exact) mass is 429 g/mol. The zero-order chi connectivity index (χ0) is 21.8. The van der Waals surface area contributed by atoms with Crippen molar-refractivity contribution in [2.75, 3.05) is 12.4 Å². The minimum atomic E-state index is -0.193. The van der Waals surface area contributed by atoms with Crippen LogP contribution in [-0.4, -0.2) is 36.3 Å². The molecule has 2 aliphatic rings. The first-order valence-corrected chi connectivity index (χ1v) is 10.8. The normalized spacial score (nSPS) is 21.6. The number of fused-ring (bicyclic) bond motifs is 2. The maximum Gasteiger partial charge on any atom is 0.280 e. The summed E-state index contributed by atoms with van der Waals surface area (Å²) in [6.07, 6.45) is 5.81. The molecule has 0 amide bonds. The number of anilines is 1. The molecular formula is C23H23N7O2. The SMILES string of the molecule is CNc1nc2ncn(Cc3nc(CC4[C@H]5C=C(c6ccccc6)C[C@@H]45)no3)c(=O)c2n1C. The van der Waals surface area contributed by atoms with Gasteiger partial charge in [-0.2, -0.15) is 9.97 Å². The van der Waals surface area contributed by atoms with Gasteiger partial charge in [0.05, 0.1) is 0 Å². The first kappa shape index (κ1) is 19.0. The molecule has 4 aromatic rings. The number of nitrogens with zero attached hydrogens (tertiary/aromatic N) is 6. The molecule has 1 unspecified atom stereocenters. The predicted octanol–water partition coefficient (Wildman–Crippen LogP) is 2.50. The molecule has 0 bridgehead atoms. The Morgan fingerprint density at radius 2 is 2.06 bits per heavy atom. The van der Waals surface area contributed by atoms with Gasteiger partial charge in [-0.1, -0.05) is 41.6 Å². The van der Waals surface area contributed by atoms with Crippen LogP contribution in [0.5, 0.6) is 0 Å². The van der Waals surface area contributed by atoms with Gasteiger partial charge in [-0.25, -0.2) is 4.98 Å². The van der Waals surface area contributed by atoms with E-state index in [0.717, 1.165) is 12.8 Å². The van der Waals surface area contributed by atoms with Crippen molar-refractivity contribution in [3.05, 3.63) is 70.4 Å². The van der Waals surface area contributed by atoms with E-state index in [1.807, 2.05) is 0 Å². The molecule has 1 saturated carbocycles. The summed E-state index contributed by atoms with van der Waals surface area (Å²) < 4.78 is 8.61. The first-order valence-electron chi connectivity index (χ1n) is 10.8. The number of benzene rings is 1. The Kier molecular flexibility index (Phi) is 4.24. The van der Waals surface area contributed by atoms with Crippen LogP contribution < -0.4 is 10.9 Å². The predicted molar refractivity (Wildman–Crippen MR) is 119 cm³/mol. The number of aromatic nitrogens is 6. The summed E-state index contributed by atoms with van der Waals surface area (Å²) in [6.45, 7) is 0.185. The lowest BCUT2D eigenvalue weighted by Crippen LogP contribution is -2.22. The van der Waals surface area contributed by atoms with Gasteiger partial charge in [0.2, 0.25) is 11.8 Å². The standard InChI is InChI=1S/C23H23N7O2/c1-24-23-27-21-20(29(23)2)22(31)30(12-25-21)11-19-26-18(28-32-19)10-17-15-8-14(9-16(15)17)13-6-4-3-5-7-13/h3-8,12,15-17H,9-11H2,1-2H3,(H,24,27)/t15-,16+,17?/m0/s1. The highest BCUT2D eigenvalue weighted by Crippen LogP contribution is 2.59. The molecule has 1 fully saturated rings. The molecule has 3 heterocycles. The van der Waals surface area contributed by atoms with Crippen molar-refractivity contribution in [3.63, 3.8) is 0 Å². The molecule has 9 heteroatoms. The summed E-state index contributed by atoms with van der Waals surface area (Å²) in [5.41, 5.74) is 3.42. The Hall–Kier alpha value is -3.75. The number of imidazole rings is 1. The average Bonchev–Trinajstić information content (AvgIpc) is 3.22. The lowest BCUT2D eigenvalue weighted by molar-refractivity contribution is 0.363. The van der Waals surface area contributed by atoms with E-state index < -0.39 is 0 Å². The Balaban J connectivity index is 1.15. The third-order valence-electron chi connectivity index (χ3n) is 6.71. The lowest BCUT2D eigenvalue weighted by atomic mass is 10.00. The molecule has 2 aliphatic carbocycles. The fourth-order valence-electron chi connectivity index (χ4n) is 4.97. The van der Waals surface area contributed by atoms with Crippen LogP contribution in [0.2, 0.25) is 0 Å². The molecule has 0 spiro atoms. The van der Waals surface area contributed by atoms with E-state index in [9.17, 15) is 4.79 Å². The topological polar surface area (TPSA) is 104 Å². The van der Waals surface area contributed by atoms with Crippen LogP contribution in [0, 0.1) is 17.8 Å². The van der Waals surface area contributed by atoms with Crippen LogP contribution >= 0.6 is 0 Å². The third-order valence-corrected chi connectivity index (χ3v) is 6.71. The highest BCUT2D eigenvalue weighted by Gasteiger charge is 2.52. The van der Waals surface area contributed by atoms with Crippen molar-refractivity contribution in [1.82, 2.24) is 29.2 Å². The summed E-state index contributed by atoms with van der Waals surface area (Å²) >= 11 is 0. The van der Waals surface area contributed by atoms with Crippen molar-refractivity contribution in [2.24, 2.45) is 24.8 Å². The third kappa shape index (κ3) is 3.04. The second-order valence-electron chi connectivity index (χ2n) is 8.57. The minimum Gasteiger partial charge on any atom is -0.359 e. The van der Waals surface area contributed by atoms with Gasteiger partial charge < -0.3 is 14.4 Å². The maximum atomic E-state index is 12.9. The summed E-state index contributed by atoms with van der Waals surface area (Å²) in [4.78, 5) is 26.0. The van der Waals surface area contributed by atoms with Gasteiger partial charge in [0.25, 0.3) is 5.56 Å². The van der Waals surface area contributed by atoms with Crippen LogP contribution in [0.1, 0.15) is 23.7 Å². The molecule has 6 rings (SSSR count). The van der Waals surface area contributed by atoms with Crippen LogP contribution in [0.15, 0.2) is 52.1 Å². The van der Waals surface area contributed by atoms with Crippen molar-refractivity contribution >= 4 is 22.7 Å². The zero-order valence-electron chi connectivity index (χ0n) is 17.9. The summed E-state index contributed by atoms with van der Waals surface area (Å²) in [6, 6.07) is 10.6. The molecule has 162 valence electrons. The van der Waals surface area contributed by atoms with E-state index in [4.69, 9.17) is 4.52 Å². The molecule has 3 aromatic heterocycles. The number of allylic oxidation sites excluding steroid dienone is 2. The zero-order valence-corrected chi connectivity index (χ0v) is 17.9. The molecule has 9 nitrogen and oxygen atoms in total. The van der Waals surface area contributed by atoms with E-state index in [0.29, 0.717) is 46.6 Å². The second-order valence-corrected chi connectivity index (χ2v) is 8.57. The smallest absolute Gasteiger partial charge is 0.280 e. The van der Waals surface area contributed by atoms with E-state index in [1.165, 1.54) is 22.0 Å². The Morgan fingerprint density at radius 1 is 1.22 bits per heavy atom. The largest absolute Gasteiger partial charge is 0.359 e. The molecule has 32 heavy (non-hydrogen) atoms.